The van der Waals surface area contributed by atoms with Gasteiger partial charge in [-0.25, -0.2) is 9.97 Å². The molecule has 11 heteroatoms. The molecule has 0 fully saturated rings. The minimum Gasteiger partial charge on any atom is -0.378 e. The molecule has 0 aromatic carbocycles. The molecule has 152 valence electrons. The van der Waals surface area contributed by atoms with Gasteiger partial charge in [-0.05, 0) is 18.2 Å². The highest BCUT2D eigenvalue weighted by Crippen LogP contribution is 2.28. The molecule has 1 N–H and O–H groups in total. The maximum absolute atomic E-state index is 12.7. The summed E-state index contributed by atoms with van der Waals surface area (Å²) in [5, 5.41) is 6.83. The summed E-state index contributed by atoms with van der Waals surface area (Å²) in [6.07, 6.45) is -0.901. The fourth-order valence-electron chi connectivity index (χ4n) is 2.56. The fourth-order valence-corrected chi connectivity index (χ4v) is 2.76. The van der Waals surface area contributed by atoms with Gasteiger partial charge in [-0.2, -0.15) is 23.0 Å². The Bertz CT molecular complexity index is 1070. The minimum absolute atomic E-state index is 0.0707. The predicted molar refractivity (Wildman–Crippen MR) is 104 cm³/mol. The van der Waals surface area contributed by atoms with Crippen LogP contribution < -0.4 is 15.8 Å². The first kappa shape index (κ1) is 20.6. The van der Waals surface area contributed by atoms with E-state index in [2.05, 4.69) is 20.4 Å². The van der Waals surface area contributed by atoms with Gasteiger partial charge in [0.25, 0.3) is 5.56 Å². The summed E-state index contributed by atoms with van der Waals surface area (Å²) < 4.78 is 38.8. The van der Waals surface area contributed by atoms with Gasteiger partial charge in [-0.1, -0.05) is 17.7 Å². The largest absolute Gasteiger partial charge is 0.417 e. The van der Waals surface area contributed by atoms with E-state index in [0.29, 0.717) is 12.7 Å². The first-order valence-electron chi connectivity index (χ1n) is 8.35. The number of nitrogens with one attached hydrogen (secondary N) is 1. The quantitative estimate of drug-likeness (QED) is 0.676. The van der Waals surface area contributed by atoms with Gasteiger partial charge in [0.15, 0.2) is 5.82 Å². The number of anilines is 2. The van der Waals surface area contributed by atoms with Crippen molar-refractivity contribution in [3.63, 3.8) is 0 Å². The van der Waals surface area contributed by atoms with Gasteiger partial charge in [0.05, 0.1) is 17.4 Å². The second-order valence-electron chi connectivity index (χ2n) is 6.23. The molecule has 0 bridgehead atoms. The lowest BCUT2D eigenvalue weighted by atomic mass is 10.2. The van der Waals surface area contributed by atoms with Gasteiger partial charge in [0.1, 0.15) is 10.8 Å². The maximum Gasteiger partial charge on any atom is 0.417 e. The van der Waals surface area contributed by atoms with E-state index in [9.17, 15) is 18.0 Å². The molecular formula is C18H16ClF3N6O. The normalized spacial score (nSPS) is 11.4. The third-order valence-electron chi connectivity index (χ3n) is 3.97. The first-order valence-corrected chi connectivity index (χ1v) is 8.73. The third-order valence-corrected chi connectivity index (χ3v) is 4.34. The van der Waals surface area contributed by atoms with Crippen molar-refractivity contribution in [3.05, 3.63) is 69.4 Å². The topological polar surface area (TPSA) is 75.9 Å². The number of hydrogen-bond acceptors (Lipinski definition) is 6. The van der Waals surface area contributed by atoms with Gasteiger partial charge in [0.2, 0.25) is 0 Å². The van der Waals surface area contributed by atoms with Crippen LogP contribution in [0, 0.1) is 0 Å². The lowest BCUT2D eigenvalue weighted by Gasteiger charge is -2.17. The van der Waals surface area contributed by atoms with Crippen molar-refractivity contribution < 1.29 is 13.2 Å². The van der Waals surface area contributed by atoms with E-state index in [1.54, 1.807) is 12.3 Å². The summed E-state index contributed by atoms with van der Waals surface area (Å²) in [7, 11) is 3.72. The molecule has 7 nitrogen and oxygen atoms in total. The summed E-state index contributed by atoms with van der Waals surface area (Å²) >= 11 is 6.15. The summed E-state index contributed by atoms with van der Waals surface area (Å²) in [5.41, 5.74) is -0.467. The van der Waals surface area contributed by atoms with Crippen molar-refractivity contribution in [1.29, 1.82) is 0 Å². The standard InChI is InChI=1S/C18H16ClF3N6O/c1-27(2)16-11(4-3-7-23-16)8-24-13-10-26-28(17(29)15(13)19)14-6-5-12(9-25-14)18(20,21)22/h3-7,9-10,24H,8H2,1-2H3. The van der Waals surface area contributed by atoms with Crippen molar-refractivity contribution in [2.45, 2.75) is 12.7 Å². The molecule has 0 amide bonds. The second kappa shape index (κ2) is 8.08. The number of hydrogen-bond donors (Lipinski definition) is 1. The zero-order chi connectivity index (χ0) is 21.2. The van der Waals surface area contributed by atoms with E-state index < -0.39 is 17.3 Å². The van der Waals surface area contributed by atoms with E-state index in [0.717, 1.165) is 28.2 Å². The van der Waals surface area contributed by atoms with Gasteiger partial charge in [-0.15, -0.1) is 0 Å². The first-order chi connectivity index (χ1) is 13.7. The Balaban J connectivity index is 1.84. The summed E-state index contributed by atoms with van der Waals surface area (Å²) in [6.45, 7) is 0.338. The second-order valence-corrected chi connectivity index (χ2v) is 6.60. The minimum atomic E-state index is -4.52. The molecular weight excluding hydrogens is 409 g/mol. The zero-order valence-corrected chi connectivity index (χ0v) is 16.2. The van der Waals surface area contributed by atoms with E-state index >= 15 is 0 Å². The SMILES string of the molecule is CN(C)c1ncccc1CNc1cnn(-c2ccc(C(F)(F)F)cn2)c(=O)c1Cl. The molecule has 3 aromatic heterocycles. The monoisotopic (exact) mass is 424 g/mol. The average molecular weight is 425 g/mol. The Kier molecular flexibility index (Phi) is 5.73. The number of aromatic nitrogens is 4. The van der Waals surface area contributed by atoms with Crippen LogP contribution >= 0.6 is 11.6 Å². The van der Waals surface area contributed by atoms with Gasteiger partial charge in [-0.3, -0.25) is 4.79 Å². The highest BCUT2D eigenvalue weighted by molar-refractivity contribution is 6.32. The Morgan fingerprint density at radius 3 is 2.55 bits per heavy atom. The highest BCUT2D eigenvalue weighted by atomic mass is 35.5. The van der Waals surface area contributed by atoms with Gasteiger partial charge >= 0.3 is 6.18 Å². The van der Waals surface area contributed by atoms with E-state index in [1.807, 2.05) is 25.1 Å². The molecule has 29 heavy (non-hydrogen) atoms. The van der Waals surface area contributed by atoms with Crippen LogP contribution in [0.2, 0.25) is 5.02 Å². The van der Waals surface area contributed by atoms with Crippen LogP contribution in [0.3, 0.4) is 0 Å². The van der Waals surface area contributed by atoms with Crippen LogP contribution in [0.1, 0.15) is 11.1 Å². The van der Waals surface area contributed by atoms with Crippen LogP contribution in [-0.2, 0) is 12.7 Å². The van der Waals surface area contributed by atoms with Crippen LogP contribution in [0.5, 0.6) is 0 Å². The molecule has 3 heterocycles. The molecule has 0 spiro atoms. The predicted octanol–water partition coefficient (Wildman–Crippen LogP) is 3.37. The van der Waals surface area contributed by atoms with E-state index in [-0.39, 0.29) is 16.5 Å². The number of nitrogens with zero attached hydrogens (tertiary/aromatic N) is 5. The summed E-state index contributed by atoms with van der Waals surface area (Å²) in [4.78, 5) is 22.3. The highest BCUT2D eigenvalue weighted by Gasteiger charge is 2.30. The van der Waals surface area contributed by atoms with Crippen molar-refractivity contribution in [2.24, 2.45) is 0 Å². The lowest BCUT2D eigenvalue weighted by Crippen LogP contribution is -2.24. The molecule has 0 aliphatic heterocycles. The Morgan fingerprint density at radius 1 is 1.17 bits per heavy atom. The number of pyridine rings is 2. The van der Waals surface area contributed by atoms with Crippen LogP contribution in [0.4, 0.5) is 24.7 Å². The molecule has 0 unspecified atom stereocenters. The van der Waals surface area contributed by atoms with Crippen LogP contribution in [0.25, 0.3) is 5.82 Å². The van der Waals surface area contributed by atoms with Crippen LogP contribution in [0.15, 0.2) is 47.7 Å². The van der Waals surface area contributed by atoms with Crippen molar-refractivity contribution in [1.82, 2.24) is 19.7 Å². The maximum atomic E-state index is 12.7. The Hall–Kier alpha value is -3.14. The smallest absolute Gasteiger partial charge is 0.378 e. The Labute approximate surface area is 168 Å². The van der Waals surface area contributed by atoms with Crippen molar-refractivity contribution in [3.8, 4) is 5.82 Å². The molecule has 0 aliphatic rings. The molecule has 3 rings (SSSR count). The molecule has 0 atom stereocenters. The fraction of sp³-hybridized carbons (Fsp3) is 0.222. The van der Waals surface area contributed by atoms with E-state index in [4.69, 9.17) is 11.6 Å². The zero-order valence-electron chi connectivity index (χ0n) is 15.4. The lowest BCUT2D eigenvalue weighted by molar-refractivity contribution is -0.137. The van der Waals surface area contributed by atoms with Crippen LogP contribution in [-0.4, -0.2) is 33.8 Å². The molecule has 3 aromatic rings. The number of alkyl halides is 3. The number of rotatable bonds is 5. The van der Waals surface area contributed by atoms with Crippen molar-refractivity contribution in [2.75, 3.05) is 24.3 Å². The average Bonchev–Trinajstić information content (AvgIpc) is 2.69. The summed E-state index contributed by atoms with van der Waals surface area (Å²) in [5.74, 6) is 0.685. The third kappa shape index (κ3) is 4.48. The van der Waals surface area contributed by atoms with Crippen molar-refractivity contribution >= 4 is 23.1 Å². The Morgan fingerprint density at radius 2 is 1.93 bits per heavy atom. The van der Waals surface area contributed by atoms with Gasteiger partial charge in [0, 0.05) is 38.6 Å². The molecule has 0 aliphatic carbocycles. The molecule has 0 saturated carbocycles. The molecule has 0 radical (unpaired) electrons. The molecule has 0 saturated heterocycles. The summed E-state index contributed by atoms with van der Waals surface area (Å²) in [6, 6.07) is 5.55. The van der Waals surface area contributed by atoms with E-state index in [1.165, 1.54) is 6.20 Å². The number of halogens is 4. The van der Waals surface area contributed by atoms with Gasteiger partial charge < -0.3 is 10.2 Å².